The fourth-order valence-electron chi connectivity index (χ4n) is 3.71. The maximum absolute atomic E-state index is 5.62. The van der Waals surface area contributed by atoms with Crippen molar-refractivity contribution in [3.63, 3.8) is 0 Å². The molecule has 2 nitrogen and oxygen atoms in total. The Labute approximate surface area is 113 Å². The average molecular weight is 253 g/mol. The van der Waals surface area contributed by atoms with Crippen LogP contribution in [0.25, 0.3) is 0 Å². The Kier molecular flexibility index (Phi) is 5.50. The third-order valence-electron chi connectivity index (χ3n) is 4.84. The smallest absolute Gasteiger partial charge is 0.0591 e. The molecule has 2 aliphatic rings. The summed E-state index contributed by atoms with van der Waals surface area (Å²) in [5.41, 5.74) is 0.770. The molecule has 0 saturated heterocycles. The van der Waals surface area contributed by atoms with Crippen LogP contribution in [0.5, 0.6) is 0 Å². The van der Waals surface area contributed by atoms with E-state index in [2.05, 4.69) is 19.2 Å². The molecule has 2 fully saturated rings. The molecule has 0 aliphatic heterocycles. The summed E-state index contributed by atoms with van der Waals surface area (Å²) < 4.78 is 5.62. The minimum atomic E-state index is 0.655. The van der Waals surface area contributed by atoms with Crippen LogP contribution in [0.2, 0.25) is 0 Å². The molecule has 1 spiro atoms. The van der Waals surface area contributed by atoms with Gasteiger partial charge >= 0.3 is 0 Å². The SMILES string of the molecule is CC(C)COCCNC1CCC2(CCCC2)CC1. The quantitative estimate of drug-likeness (QED) is 0.728. The summed E-state index contributed by atoms with van der Waals surface area (Å²) in [5.74, 6) is 0.655. The van der Waals surface area contributed by atoms with E-state index >= 15 is 0 Å². The summed E-state index contributed by atoms with van der Waals surface area (Å²) in [5, 5.41) is 3.68. The van der Waals surface area contributed by atoms with Gasteiger partial charge in [-0.15, -0.1) is 0 Å². The number of hydrogen-bond donors (Lipinski definition) is 1. The van der Waals surface area contributed by atoms with Gasteiger partial charge in [0.25, 0.3) is 0 Å². The minimum absolute atomic E-state index is 0.655. The molecule has 0 unspecified atom stereocenters. The van der Waals surface area contributed by atoms with Gasteiger partial charge in [-0.25, -0.2) is 0 Å². The summed E-state index contributed by atoms with van der Waals surface area (Å²) >= 11 is 0. The van der Waals surface area contributed by atoms with Gasteiger partial charge in [-0.05, 0) is 49.9 Å². The fourth-order valence-corrected chi connectivity index (χ4v) is 3.71. The van der Waals surface area contributed by atoms with Crippen molar-refractivity contribution in [2.75, 3.05) is 19.8 Å². The first-order valence-electron chi connectivity index (χ1n) is 8.01. The van der Waals surface area contributed by atoms with Crippen molar-refractivity contribution in [2.24, 2.45) is 11.3 Å². The first-order valence-corrected chi connectivity index (χ1v) is 8.01. The van der Waals surface area contributed by atoms with Crippen molar-refractivity contribution in [1.82, 2.24) is 5.32 Å². The van der Waals surface area contributed by atoms with Crippen molar-refractivity contribution in [3.8, 4) is 0 Å². The molecule has 0 amide bonds. The molecule has 18 heavy (non-hydrogen) atoms. The van der Waals surface area contributed by atoms with Gasteiger partial charge in [0.1, 0.15) is 0 Å². The second-order valence-electron chi connectivity index (χ2n) is 6.90. The number of rotatable bonds is 6. The van der Waals surface area contributed by atoms with Gasteiger partial charge in [-0.2, -0.15) is 0 Å². The van der Waals surface area contributed by atoms with Crippen molar-refractivity contribution in [1.29, 1.82) is 0 Å². The van der Waals surface area contributed by atoms with Gasteiger partial charge in [0.05, 0.1) is 6.61 Å². The first kappa shape index (κ1) is 14.3. The molecular weight excluding hydrogens is 222 g/mol. The average Bonchev–Trinajstić information content (AvgIpc) is 2.80. The highest BCUT2D eigenvalue weighted by Gasteiger charge is 2.37. The predicted molar refractivity (Wildman–Crippen MR) is 76.8 cm³/mol. The topological polar surface area (TPSA) is 21.3 Å². The highest BCUT2D eigenvalue weighted by atomic mass is 16.5. The van der Waals surface area contributed by atoms with Gasteiger partial charge in [0, 0.05) is 19.2 Å². The lowest BCUT2D eigenvalue weighted by atomic mass is 9.71. The molecular formula is C16H31NO. The molecule has 2 rings (SSSR count). The summed E-state index contributed by atoms with van der Waals surface area (Å²) in [6, 6.07) is 0.763. The van der Waals surface area contributed by atoms with Gasteiger partial charge in [-0.1, -0.05) is 26.7 Å². The van der Waals surface area contributed by atoms with Crippen LogP contribution >= 0.6 is 0 Å². The molecule has 0 aromatic heterocycles. The zero-order chi connectivity index (χ0) is 12.8. The third kappa shape index (κ3) is 4.24. The Morgan fingerprint density at radius 1 is 1.11 bits per heavy atom. The normalized spacial score (nSPS) is 24.2. The van der Waals surface area contributed by atoms with Crippen LogP contribution in [0.4, 0.5) is 0 Å². The second-order valence-corrected chi connectivity index (χ2v) is 6.90. The van der Waals surface area contributed by atoms with Crippen LogP contribution < -0.4 is 5.32 Å². The van der Waals surface area contributed by atoms with Crippen molar-refractivity contribution < 1.29 is 4.74 Å². The Morgan fingerprint density at radius 2 is 1.78 bits per heavy atom. The molecule has 0 atom stereocenters. The molecule has 0 radical (unpaired) electrons. The number of ether oxygens (including phenoxy) is 1. The van der Waals surface area contributed by atoms with E-state index < -0.39 is 0 Å². The summed E-state index contributed by atoms with van der Waals surface area (Å²) in [6.45, 7) is 7.21. The highest BCUT2D eigenvalue weighted by molar-refractivity contribution is 4.91. The molecule has 106 valence electrons. The molecule has 2 heteroatoms. The van der Waals surface area contributed by atoms with Crippen molar-refractivity contribution in [2.45, 2.75) is 71.3 Å². The summed E-state index contributed by atoms with van der Waals surface area (Å²) in [7, 11) is 0. The second kappa shape index (κ2) is 6.91. The third-order valence-corrected chi connectivity index (χ3v) is 4.84. The highest BCUT2D eigenvalue weighted by Crippen LogP contribution is 2.48. The van der Waals surface area contributed by atoms with Crippen LogP contribution in [0, 0.1) is 11.3 Å². The summed E-state index contributed by atoms with van der Waals surface area (Å²) in [6.07, 6.45) is 11.7. The zero-order valence-corrected chi connectivity index (χ0v) is 12.3. The van der Waals surface area contributed by atoms with Gasteiger partial charge in [-0.3, -0.25) is 0 Å². The standard InChI is InChI=1S/C16H31NO/c1-14(2)13-18-12-11-17-15-5-9-16(10-6-15)7-3-4-8-16/h14-15,17H,3-13H2,1-2H3. The van der Waals surface area contributed by atoms with E-state index in [0.29, 0.717) is 5.92 Å². The van der Waals surface area contributed by atoms with Crippen molar-refractivity contribution >= 4 is 0 Å². The molecule has 1 N–H and O–H groups in total. The molecule has 2 saturated carbocycles. The van der Waals surface area contributed by atoms with E-state index in [4.69, 9.17) is 4.74 Å². The molecule has 2 aliphatic carbocycles. The molecule has 0 aromatic rings. The van der Waals surface area contributed by atoms with Crippen LogP contribution in [0.1, 0.15) is 65.2 Å². The van der Waals surface area contributed by atoms with Gasteiger partial charge < -0.3 is 10.1 Å². The van der Waals surface area contributed by atoms with Crippen LogP contribution in [0.15, 0.2) is 0 Å². The maximum atomic E-state index is 5.62. The van der Waals surface area contributed by atoms with E-state index in [9.17, 15) is 0 Å². The Bertz CT molecular complexity index is 223. The minimum Gasteiger partial charge on any atom is -0.380 e. The van der Waals surface area contributed by atoms with Crippen LogP contribution in [-0.4, -0.2) is 25.8 Å². The fraction of sp³-hybridized carbons (Fsp3) is 1.00. The van der Waals surface area contributed by atoms with E-state index in [1.54, 1.807) is 0 Å². The number of hydrogen-bond acceptors (Lipinski definition) is 2. The Hall–Kier alpha value is -0.0800. The largest absolute Gasteiger partial charge is 0.380 e. The number of nitrogens with one attached hydrogen (secondary N) is 1. The van der Waals surface area contributed by atoms with Gasteiger partial charge in [0.15, 0.2) is 0 Å². The molecule has 0 heterocycles. The first-order chi connectivity index (χ1) is 8.70. The van der Waals surface area contributed by atoms with Crippen LogP contribution in [-0.2, 0) is 4.74 Å². The lowest BCUT2D eigenvalue weighted by molar-refractivity contribution is 0.104. The Morgan fingerprint density at radius 3 is 2.39 bits per heavy atom. The maximum Gasteiger partial charge on any atom is 0.0591 e. The van der Waals surface area contributed by atoms with E-state index in [1.165, 1.54) is 51.4 Å². The van der Waals surface area contributed by atoms with E-state index in [0.717, 1.165) is 31.2 Å². The molecule has 0 bridgehead atoms. The van der Waals surface area contributed by atoms with Crippen LogP contribution in [0.3, 0.4) is 0 Å². The molecule has 0 aromatic carbocycles. The lowest BCUT2D eigenvalue weighted by Crippen LogP contribution is -2.38. The zero-order valence-electron chi connectivity index (χ0n) is 12.3. The van der Waals surface area contributed by atoms with E-state index in [-0.39, 0.29) is 0 Å². The van der Waals surface area contributed by atoms with Gasteiger partial charge in [0.2, 0.25) is 0 Å². The summed E-state index contributed by atoms with van der Waals surface area (Å²) in [4.78, 5) is 0. The lowest BCUT2D eigenvalue weighted by Gasteiger charge is -2.37. The monoisotopic (exact) mass is 253 g/mol. The van der Waals surface area contributed by atoms with Crippen molar-refractivity contribution in [3.05, 3.63) is 0 Å². The predicted octanol–water partition coefficient (Wildman–Crippen LogP) is 3.75. The Balaban J connectivity index is 1.54. The van der Waals surface area contributed by atoms with E-state index in [1.807, 2.05) is 0 Å².